The maximum Gasteiger partial charge on any atom is 0.259 e. The molecule has 1 aliphatic rings. The Morgan fingerprint density at radius 2 is 1.91 bits per heavy atom. The zero-order valence-corrected chi connectivity index (χ0v) is 19.4. The third-order valence-electron chi connectivity index (χ3n) is 6.31. The van der Waals surface area contributed by atoms with Gasteiger partial charge in [-0.2, -0.15) is 5.10 Å². The minimum atomic E-state index is -0.503. The minimum Gasteiger partial charge on any atom is -0.319 e. The van der Waals surface area contributed by atoms with Crippen molar-refractivity contribution in [1.82, 2.24) is 24.5 Å². The highest BCUT2D eigenvalue weighted by Crippen LogP contribution is 2.27. The predicted molar refractivity (Wildman–Crippen MR) is 129 cm³/mol. The van der Waals surface area contributed by atoms with Gasteiger partial charge >= 0.3 is 0 Å². The fourth-order valence-electron chi connectivity index (χ4n) is 4.46. The van der Waals surface area contributed by atoms with E-state index in [-0.39, 0.29) is 5.69 Å². The average Bonchev–Trinajstić information content (AvgIpc) is 3.38. The number of benzene rings is 2. The highest BCUT2D eigenvalue weighted by molar-refractivity contribution is 6.05. The number of carbonyl (C=O) groups excluding carboxylic acids is 1. The Balaban J connectivity index is 1.44. The Bertz CT molecular complexity index is 1340. The van der Waals surface area contributed by atoms with E-state index >= 15 is 0 Å². The lowest BCUT2D eigenvalue weighted by molar-refractivity contribution is 0.102. The number of rotatable bonds is 5. The number of hydrogen-bond donors (Lipinski definition) is 1. The van der Waals surface area contributed by atoms with E-state index in [9.17, 15) is 9.18 Å². The van der Waals surface area contributed by atoms with Crippen LogP contribution in [0.1, 0.15) is 53.6 Å². The van der Waals surface area contributed by atoms with E-state index in [1.165, 1.54) is 12.3 Å². The van der Waals surface area contributed by atoms with Crippen molar-refractivity contribution in [1.29, 1.82) is 0 Å². The maximum atomic E-state index is 14.7. The Morgan fingerprint density at radius 1 is 1.09 bits per heavy atom. The molecule has 3 heterocycles. The highest BCUT2D eigenvalue weighted by Gasteiger charge is 2.21. The van der Waals surface area contributed by atoms with Gasteiger partial charge in [-0.3, -0.25) is 4.79 Å². The summed E-state index contributed by atoms with van der Waals surface area (Å²) in [6.07, 6.45) is 6.35. The fourth-order valence-corrected chi connectivity index (χ4v) is 4.46. The standard InChI is InChI=1S/C26H27FN6O/c1-3-23-20(16-28-33(23)19-11-8-17(2)9-12-19)26(34)29-22-15-18(10-13-21(22)27)25-31-30-24-7-5-4-6-14-32(24)25/h8-13,15-16H,3-7,14H2,1-2H3,(H,29,34). The lowest BCUT2D eigenvalue weighted by Gasteiger charge is -2.11. The number of carbonyl (C=O) groups is 1. The summed E-state index contributed by atoms with van der Waals surface area (Å²) >= 11 is 0. The van der Waals surface area contributed by atoms with E-state index in [4.69, 9.17) is 0 Å². The van der Waals surface area contributed by atoms with Gasteiger partial charge in [-0.1, -0.05) is 31.0 Å². The fraction of sp³-hybridized carbons (Fsp3) is 0.308. The van der Waals surface area contributed by atoms with Crippen molar-refractivity contribution in [2.45, 2.75) is 52.5 Å². The third-order valence-corrected chi connectivity index (χ3v) is 6.31. The summed E-state index contributed by atoms with van der Waals surface area (Å²) in [5, 5.41) is 15.9. The van der Waals surface area contributed by atoms with Crippen LogP contribution in [-0.4, -0.2) is 30.5 Å². The first kappa shape index (κ1) is 22.0. The number of aromatic nitrogens is 5. The summed E-state index contributed by atoms with van der Waals surface area (Å²) in [4.78, 5) is 13.2. The van der Waals surface area contributed by atoms with Crippen LogP contribution in [-0.2, 0) is 19.4 Å². The van der Waals surface area contributed by atoms with Gasteiger partial charge < -0.3 is 9.88 Å². The van der Waals surface area contributed by atoms with E-state index in [0.717, 1.165) is 60.6 Å². The Morgan fingerprint density at radius 3 is 2.71 bits per heavy atom. The number of halogens is 1. The third kappa shape index (κ3) is 4.11. The molecule has 0 aliphatic carbocycles. The number of amides is 1. The monoisotopic (exact) mass is 458 g/mol. The van der Waals surface area contributed by atoms with E-state index < -0.39 is 11.7 Å². The molecule has 8 heteroatoms. The van der Waals surface area contributed by atoms with E-state index in [1.807, 2.05) is 38.1 Å². The van der Waals surface area contributed by atoms with Crippen LogP contribution in [0.3, 0.4) is 0 Å². The van der Waals surface area contributed by atoms with Crippen LogP contribution in [0.15, 0.2) is 48.7 Å². The molecule has 5 rings (SSSR count). The molecular weight excluding hydrogens is 431 g/mol. The van der Waals surface area contributed by atoms with Crippen LogP contribution in [0.2, 0.25) is 0 Å². The van der Waals surface area contributed by atoms with Crippen LogP contribution < -0.4 is 5.32 Å². The van der Waals surface area contributed by atoms with E-state index in [1.54, 1.807) is 16.8 Å². The number of fused-ring (bicyclic) bond motifs is 1. The molecule has 0 unspecified atom stereocenters. The number of hydrogen-bond acceptors (Lipinski definition) is 4. The molecule has 0 bridgehead atoms. The molecule has 1 amide bonds. The number of nitrogens with one attached hydrogen (secondary N) is 1. The molecule has 0 saturated carbocycles. The molecular formula is C26H27FN6O. The minimum absolute atomic E-state index is 0.110. The molecule has 34 heavy (non-hydrogen) atoms. The smallest absolute Gasteiger partial charge is 0.259 e. The summed E-state index contributed by atoms with van der Waals surface area (Å²) in [7, 11) is 0. The molecule has 0 saturated heterocycles. The molecule has 1 N–H and O–H groups in total. The average molecular weight is 459 g/mol. The highest BCUT2D eigenvalue weighted by atomic mass is 19.1. The lowest BCUT2D eigenvalue weighted by atomic mass is 10.1. The van der Waals surface area contributed by atoms with E-state index in [0.29, 0.717) is 17.8 Å². The summed E-state index contributed by atoms with van der Waals surface area (Å²) in [6.45, 7) is 4.83. The van der Waals surface area contributed by atoms with Crippen molar-refractivity contribution in [3.63, 3.8) is 0 Å². The van der Waals surface area contributed by atoms with Crippen LogP contribution in [0.4, 0.5) is 10.1 Å². The van der Waals surface area contributed by atoms with Crippen molar-refractivity contribution >= 4 is 11.6 Å². The van der Waals surface area contributed by atoms with Crippen molar-refractivity contribution in [3.05, 3.63) is 77.1 Å². The zero-order valence-electron chi connectivity index (χ0n) is 19.4. The summed E-state index contributed by atoms with van der Waals surface area (Å²) in [5.74, 6) is 0.760. The predicted octanol–water partition coefficient (Wildman–Crippen LogP) is 5.12. The van der Waals surface area contributed by atoms with E-state index in [2.05, 4.69) is 25.2 Å². The normalized spacial score (nSPS) is 13.4. The summed E-state index contributed by atoms with van der Waals surface area (Å²) in [5.41, 5.74) is 4.04. The van der Waals surface area contributed by atoms with Crippen molar-refractivity contribution in [3.8, 4) is 17.1 Å². The van der Waals surface area contributed by atoms with Gasteiger partial charge in [0.05, 0.1) is 28.8 Å². The number of anilines is 1. The van der Waals surface area contributed by atoms with Gasteiger partial charge in [-0.15, -0.1) is 10.2 Å². The topological polar surface area (TPSA) is 77.6 Å². The molecule has 7 nitrogen and oxygen atoms in total. The number of nitrogens with zero attached hydrogens (tertiary/aromatic N) is 5. The first-order chi connectivity index (χ1) is 16.5. The molecule has 4 aromatic rings. The lowest BCUT2D eigenvalue weighted by Crippen LogP contribution is -2.15. The zero-order chi connectivity index (χ0) is 23.7. The maximum absolute atomic E-state index is 14.7. The van der Waals surface area contributed by atoms with Gasteiger partial charge in [0.15, 0.2) is 5.82 Å². The molecule has 0 atom stereocenters. The van der Waals surface area contributed by atoms with Gasteiger partial charge in [-0.05, 0) is 56.5 Å². The van der Waals surface area contributed by atoms with Crippen LogP contribution in [0, 0.1) is 12.7 Å². The number of aryl methyl sites for hydroxylation is 2. The molecule has 0 spiro atoms. The molecule has 0 fully saturated rings. The molecule has 174 valence electrons. The van der Waals surface area contributed by atoms with Crippen LogP contribution >= 0.6 is 0 Å². The van der Waals surface area contributed by atoms with Gasteiger partial charge in [0.1, 0.15) is 11.6 Å². The first-order valence-corrected chi connectivity index (χ1v) is 11.7. The van der Waals surface area contributed by atoms with Crippen molar-refractivity contribution in [2.24, 2.45) is 0 Å². The first-order valence-electron chi connectivity index (χ1n) is 11.7. The summed E-state index contributed by atoms with van der Waals surface area (Å²) < 4.78 is 18.6. The Labute approximate surface area is 197 Å². The van der Waals surface area contributed by atoms with Crippen molar-refractivity contribution < 1.29 is 9.18 Å². The van der Waals surface area contributed by atoms with Crippen LogP contribution in [0.25, 0.3) is 17.1 Å². The van der Waals surface area contributed by atoms with Gasteiger partial charge in [0.2, 0.25) is 0 Å². The Hall–Kier alpha value is -3.81. The van der Waals surface area contributed by atoms with Gasteiger partial charge in [0.25, 0.3) is 5.91 Å². The van der Waals surface area contributed by atoms with Crippen LogP contribution in [0.5, 0.6) is 0 Å². The van der Waals surface area contributed by atoms with Gasteiger partial charge in [0, 0.05) is 18.5 Å². The van der Waals surface area contributed by atoms with Gasteiger partial charge in [-0.25, -0.2) is 9.07 Å². The molecule has 1 aliphatic heterocycles. The second-order valence-corrected chi connectivity index (χ2v) is 8.66. The second-order valence-electron chi connectivity index (χ2n) is 8.66. The largest absolute Gasteiger partial charge is 0.319 e. The van der Waals surface area contributed by atoms with Crippen molar-refractivity contribution in [2.75, 3.05) is 5.32 Å². The Kier molecular flexibility index (Phi) is 5.96. The molecule has 2 aromatic carbocycles. The molecule has 0 radical (unpaired) electrons. The quantitative estimate of drug-likeness (QED) is 0.450. The SMILES string of the molecule is CCc1c(C(=O)Nc2cc(-c3nnc4n3CCCCC4)ccc2F)cnn1-c1ccc(C)cc1. The second kappa shape index (κ2) is 9.21. The molecule has 2 aromatic heterocycles. The summed E-state index contributed by atoms with van der Waals surface area (Å²) in [6, 6.07) is 12.6.